The molecule has 1 heterocycles. The van der Waals surface area contributed by atoms with E-state index >= 15 is 0 Å². The third kappa shape index (κ3) is 1.95. The number of nitrogens with zero attached hydrogens (tertiary/aromatic N) is 1. The maximum absolute atomic E-state index is 4.54. The summed E-state index contributed by atoms with van der Waals surface area (Å²) in [5, 5.41) is 3.27. The number of anilines is 2. The Morgan fingerprint density at radius 2 is 1.72 bits per heavy atom. The first-order chi connectivity index (χ1) is 8.72. The molecular weight excluding hydrogens is 222 g/mol. The Balaban J connectivity index is 1.99. The average Bonchev–Trinajstić information content (AvgIpc) is 2.72. The van der Waals surface area contributed by atoms with Gasteiger partial charge in [-0.2, -0.15) is 0 Å². The molecule has 3 rings (SSSR count). The van der Waals surface area contributed by atoms with Crippen LogP contribution in [0, 0.1) is 13.8 Å². The second-order valence-electron chi connectivity index (χ2n) is 4.53. The first-order valence-corrected chi connectivity index (χ1v) is 6.01. The fraction of sp³-hybridized carbons (Fsp3) is 0.133. The quantitative estimate of drug-likeness (QED) is 0.709. The van der Waals surface area contributed by atoms with Crippen LogP contribution in [0.5, 0.6) is 0 Å². The summed E-state index contributed by atoms with van der Waals surface area (Å²) in [6, 6.07) is 14.3. The molecule has 18 heavy (non-hydrogen) atoms. The number of aromatic nitrogens is 2. The molecule has 0 amide bonds. The third-order valence-corrected chi connectivity index (χ3v) is 3.13. The second kappa shape index (κ2) is 4.18. The van der Waals surface area contributed by atoms with Crippen molar-refractivity contribution in [2.75, 3.05) is 5.32 Å². The molecule has 0 saturated carbocycles. The summed E-state index contributed by atoms with van der Waals surface area (Å²) < 4.78 is 0. The molecule has 0 atom stereocenters. The van der Waals surface area contributed by atoms with E-state index in [-0.39, 0.29) is 0 Å². The Morgan fingerprint density at radius 3 is 2.50 bits per heavy atom. The van der Waals surface area contributed by atoms with Crippen molar-refractivity contribution in [2.24, 2.45) is 0 Å². The minimum Gasteiger partial charge on any atom is -0.326 e. The van der Waals surface area contributed by atoms with Crippen molar-refractivity contribution in [2.45, 2.75) is 13.8 Å². The van der Waals surface area contributed by atoms with Gasteiger partial charge < -0.3 is 10.3 Å². The number of nitrogens with one attached hydrogen (secondary N) is 2. The molecule has 0 fully saturated rings. The van der Waals surface area contributed by atoms with Crippen LogP contribution in [-0.4, -0.2) is 9.97 Å². The smallest absolute Gasteiger partial charge is 0.205 e. The lowest BCUT2D eigenvalue weighted by atomic mass is 10.1. The van der Waals surface area contributed by atoms with E-state index in [1.165, 1.54) is 11.1 Å². The van der Waals surface area contributed by atoms with E-state index in [1.807, 2.05) is 30.3 Å². The van der Waals surface area contributed by atoms with E-state index in [1.54, 1.807) is 0 Å². The van der Waals surface area contributed by atoms with Crippen molar-refractivity contribution >= 4 is 22.7 Å². The molecule has 0 aliphatic carbocycles. The summed E-state index contributed by atoms with van der Waals surface area (Å²) in [5.41, 5.74) is 5.63. The monoisotopic (exact) mass is 237 g/mol. The van der Waals surface area contributed by atoms with Crippen LogP contribution in [0.4, 0.5) is 11.6 Å². The summed E-state index contributed by atoms with van der Waals surface area (Å²) in [4.78, 5) is 7.83. The highest BCUT2D eigenvalue weighted by Crippen LogP contribution is 2.21. The molecule has 0 aliphatic heterocycles. The first kappa shape index (κ1) is 10.8. The van der Waals surface area contributed by atoms with Gasteiger partial charge in [-0.05, 0) is 49.2 Å². The number of para-hydroxylation sites is 1. The van der Waals surface area contributed by atoms with Crippen molar-refractivity contribution in [3.05, 3.63) is 53.6 Å². The van der Waals surface area contributed by atoms with Crippen LogP contribution in [0.2, 0.25) is 0 Å². The lowest BCUT2D eigenvalue weighted by Gasteiger charge is -2.00. The van der Waals surface area contributed by atoms with E-state index in [0.717, 1.165) is 22.7 Å². The highest BCUT2D eigenvalue weighted by atomic mass is 15.1. The normalized spacial score (nSPS) is 10.8. The van der Waals surface area contributed by atoms with E-state index < -0.39 is 0 Å². The molecular formula is C15H15N3. The van der Waals surface area contributed by atoms with E-state index in [0.29, 0.717) is 0 Å². The fourth-order valence-corrected chi connectivity index (χ4v) is 1.99. The number of hydrogen-bond acceptors (Lipinski definition) is 2. The predicted octanol–water partition coefficient (Wildman–Crippen LogP) is 3.92. The van der Waals surface area contributed by atoms with Gasteiger partial charge in [0.25, 0.3) is 0 Å². The fourth-order valence-electron chi connectivity index (χ4n) is 1.99. The van der Waals surface area contributed by atoms with E-state index in [2.05, 4.69) is 41.3 Å². The lowest BCUT2D eigenvalue weighted by molar-refractivity contribution is 1.31. The molecule has 1 aromatic heterocycles. The number of benzene rings is 2. The third-order valence-electron chi connectivity index (χ3n) is 3.13. The molecule has 2 aromatic carbocycles. The number of H-pyrrole nitrogens is 1. The van der Waals surface area contributed by atoms with Gasteiger partial charge in [0.1, 0.15) is 0 Å². The zero-order valence-electron chi connectivity index (χ0n) is 10.5. The summed E-state index contributed by atoms with van der Waals surface area (Å²) in [6.07, 6.45) is 0. The topological polar surface area (TPSA) is 40.7 Å². The molecule has 0 spiro atoms. The standard InChI is InChI=1S/C15H15N3/c1-10-8-13-14(9-11(10)2)18-15(17-13)16-12-6-4-3-5-7-12/h3-9H,1-2H3,(H2,16,17,18). The van der Waals surface area contributed by atoms with Crippen LogP contribution >= 0.6 is 0 Å². The molecule has 0 aliphatic rings. The molecule has 2 N–H and O–H groups in total. The number of rotatable bonds is 2. The minimum atomic E-state index is 0.779. The lowest BCUT2D eigenvalue weighted by Crippen LogP contribution is -1.90. The largest absolute Gasteiger partial charge is 0.326 e. The van der Waals surface area contributed by atoms with Crippen molar-refractivity contribution in [3.8, 4) is 0 Å². The SMILES string of the molecule is Cc1cc2nc(Nc3ccccc3)[nH]c2cc1C. The number of imidazole rings is 1. The summed E-state index contributed by atoms with van der Waals surface area (Å²) in [6.45, 7) is 4.22. The summed E-state index contributed by atoms with van der Waals surface area (Å²) in [5.74, 6) is 0.779. The van der Waals surface area contributed by atoms with Crippen LogP contribution < -0.4 is 5.32 Å². The molecule has 0 bridgehead atoms. The Morgan fingerprint density at radius 1 is 1.00 bits per heavy atom. The molecule has 0 unspecified atom stereocenters. The van der Waals surface area contributed by atoms with E-state index in [9.17, 15) is 0 Å². The highest BCUT2D eigenvalue weighted by molar-refractivity contribution is 5.80. The molecule has 0 saturated heterocycles. The number of hydrogen-bond donors (Lipinski definition) is 2. The molecule has 3 heteroatoms. The van der Waals surface area contributed by atoms with Crippen molar-refractivity contribution in [1.82, 2.24) is 9.97 Å². The van der Waals surface area contributed by atoms with Gasteiger partial charge in [-0.3, -0.25) is 0 Å². The molecule has 0 radical (unpaired) electrons. The first-order valence-electron chi connectivity index (χ1n) is 6.01. The average molecular weight is 237 g/mol. The van der Waals surface area contributed by atoms with Crippen LogP contribution in [-0.2, 0) is 0 Å². The molecule has 3 nitrogen and oxygen atoms in total. The van der Waals surface area contributed by atoms with Crippen LogP contribution in [0.25, 0.3) is 11.0 Å². The second-order valence-corrected chi connectivity index (χ2v) is 4.53. The zero-order valence-corrected chi connectivity index (χ0v) is 10.5. The van der Waals surface area contributed by atoms with Gasteiger partial charge in [0.2, 0.25) is 5.95 Å². The summed E-state index contributed by atoms with van der Waals surface area (Å²) in [7, 11) is 0. The van der Waals surface area contributed by atoms with Gasteiger partial charge in [-0.25, -0.2) is 4.98 Å². The van der Waals surface area contributed by atoms with Gasteiger partial charge in [-0.1, -0.05) is 18.2 Å². The van der Waals surface area contributed by atoms with Crippen molar-refractivity contribution in [3.63, 3.8) is 0 Å². The van der Waals surface area contributed by atoms with Gasteiger partial charge in [0.15, 0.2) is 0 Å². The Labute approximate surface area is 106 Å². The summed E-state index contributed by atoms with van der Waals surface area (Å²) >= 11 is 0. The maximum atomic E-state index is 4.54. The van der Waals surface area contributed by atoms with Gasteiger partial charge in [0.05, 0.1) is 11.0 Å². The zero-order chi connectivity index (χ0) is 12.5. The molecule has 3 aromatic rings. The highest BCUT2D eigenvalue weighted by Gasteiger charge is 2.04. The van der Waals surface area contributed by atoms with Crippen molar-refractivity contribution in [1.29, 1.82) is 0 Å². The number of fused-ring (bicyclic) bond motifs is 1. The number of aromatic amines is 1. The van der Waals surface area contributed by atoms with Gasteiger partial charge in [-0.15, -0.1) is 0 Å². The van der Waals surface area contributed by atoms with Crippen LogP contribution in [0.3, 0.4) is 0 Å². The van der Waals surface area contributed by atoms with Gasteiger partial charge >= 0.3 is 0 Å². The van der Waals surface area contributed by atoms with E-state index in [4.69, 9.17) is 0 Å². The van der Waals surface area contributed by atoms with Crippen LogP contribution in [0.1, 0.15) is 11.1 Å². The molecule has 90 valence electrons. The van der Waals surface area contributed by atoms with Crippen molar-refractivity contribution < 1.29 is 0 Å². The Hall–Kier alpha value is -2.29. The Bertz CT molecular complexity index is 645. The maximum Gasteiger partial charge on any atom is 0.205 e. The minimum absolute atomic E-state index is 0.779. The van der Waals surface area contributed by atoms with Gasteiger partial charge in [0, 0.05) is 5.69 Å². The predicted molar refractivity (Wildman–Crippen MR) is 75.3 cm³/mol. The number of aryl methyl sites for hydroxylation is 2. The Kier molecular flexibility index (Phi) is 2.52. The van der Waals surface area contributed by atoms with Crippen LogP contribution in [0.15, 0.2) is 42.5 Å².